The monoisotopic (exact) mass is 442 g/mol. The SMILES string of the molecule is CC1CCC(N2CC(=O)N(CCc3ccc(Cl)cc3)[C@H](c3ccc(F)cc3)C2=O)CC1. The third kappa shape index (κ3) is 4.93. The van der Waals surface area contributed by atoms with Gasteiger partial charge in [-0.3, -0.25) is 9.59 Å². The smallest absolute Gasteiger partial charge is 0.250 e. The molecule has 0 aromatic heterocycles. The van der Waals surface area contributed by atoms with Crippen LogP contribution in [-0.4, -0.2) is 40.7 Å². The van der Waals surface area contributed by atoms with Gasteiger partial charge in [0.1, 0.15) is 18.4 Å². The Morgan fingerprint density at radius 1 is 0.968 bits per heavy atom. The number of carbonyl (C=O) groups excluding carboxylic acids is 2. The summed E-state index contributed by atoms with van der Waals surface area (Å²) >= 11 is 5.97. The van der Waals surface area contributed by atoms with Crippen molar-refractivity contribution in [3.05, 3.63) is 70.5 Å². The fraction of sp³-hybridized carbons (Fsp3) is 0.440. The molecule has 4 nitrogen and oxygen atoms in total. The fourth-order valence-corrected chi connectivity index (χ4v) is 4.86. The van der Waals surface area contributed by atoms with Gasteiger partial charge < -0.3 is 9.80 Å². The summed E-state index contributed by atoms with van der Waals surface area (Å²) < 4.78 is 13.5. The Morgan fingerprint density at radius 3 is 2.26 bits per heavy atom. The van der Waals surface area contributed by atoms with Crippen molar-refractivity contribution in [1.82, 2.24) is 9.80 Å². The Balaban J connectivity index is 1.58. The van der Waals surface area contributed by atoms with Crippen LogP contribution in [0.15, 0.2) is 48.5 Å². The van der Waals surface area contributed by atoms with Gasteiger partial charge in [0.2, 0.25) is 5.91 Å². The number of halogens is 2. The third-order valence-corrected chi connectivity index (χ3v) is 6.87. The summed E-state index contributed by atoms with van der Waals surface area (Å²) in [6.07, 6.45) is 4.63. The molecule has 1 saturated carbocycles. The number of nitrogens with zero attached hydrogens (tertiary/aromatic N) is 2. The average molecular weight is 443 g/mol. The molecular weight excluding hydrogens is 415 g/mol. The van der Waals surface area contributed by atoms with Crippen molar-refractivity contribution >= 4 is 23.4 Å². The maximum absolute atomic E-state index is 13.6. The number of carbonyl (C=O) groups is 2. The van der Waals surface area contributed by atoms with Crippen LogP contribution in [0.5, 0.6) is 0 Å². The van der Waals surface area contributed by atoms with Gasteiger partial charge >= 0.3 is 0 Å². The van der Waals surface area contributed by atoms with Crippen LogP contribution in [-0.2, 0) is 16.0 Å². The van der Waals surface area contributed by atoms with Gasteiger partial charge in [-0.2, -0.15) is 0 Å². The highest BCUT2D eigenvalue weighted by atomic mass is 35.5. The van der Waals surface area contributed by atoms with E-state index in [4.69, 9.17) is 11.6 Å². The standard InChI is InChI=1S/C25H28ClFN2O2/c1-17-2-12-22(13-3-17)29-16-23(30)28(15-14-18-4-8-20(26)9-5-18)24(25(29)31)19-6-10-21(27)11-7-19/h4-11,17,22,24H,2-3,12-16H2,1H3/t17?,22?,24-/m1/s1. The number of piperazine rings is 1. The van der Waals surface area contributed by atoms with Crippen LogP contribution >= 0.6 is 11.6 Å². The minimum Gasteiger partial charge on any atom is -0.328 e. The second-order valence-corrected chi connectivity index (χ2v) is 9.23. The van der Waals surface area contributed by atoms with Gasteiger partial charge in [0, 0.05) is 17.6 Å². The lowest BCUT2D eigenvalue weighted by atomic mass is 9.85. The van der Waals surface area contributed by atoms with Crippen LogP contribution in [0, 0.1) is 11.7 Å². The maximum Gasteiger partial charge on any atom is 0.250 e. The Morgan fingerprint density at radius 2 is 1.61 bits per heavy atom. The molecule has 1 heterocycles. The molecule has 4 rings (SSSR count). The molecule has 1 atom stereocenters. The second kappa shape index (κ2) is 9.39. The van der Waals surface area contributed by atoms with Crippen molar-refractivity contribution < 1.29 is 14.0 Å². The number of rotatable bonds is 5. The molecule has 164 valence electrons. The first-order valence-electron chi connectivity index (χ1n) is 11.0. The van der Waals surface area contributed by atoms with Crippen LogP contribution in [0.1, 0.15) is 49.8 Å². The number of hydrogen-bond acceptors (Lipinski definition) is 2. The fourth-order valence-electron chi connectivity index (χ4n) is 4.73. The highest BCUT2D eigenvalue weighted by Crippen LogP contribution is 2.34. The quantitative estimate of drug-likeness (QED) is 0.652. The molecule has 2 aromatic carbocycles. The molecule has 2 fully saturated rings. The van der Waals surface area contributed by atoms with Gasteiger partial charge in [0.15, 0.2) is 0 Å². The number of amides is 2. The molecule has 6 heteroatoms. The van der Waals surface area contributed by atoms with Crippen molar-refractivity contribution in [2.45, 2.75) is 51.1 Å². The van der Waals surface area contributed by atoms with Crippen molar-refractivity contribution in [3.63, 3.8) is 0 Å². The average Bonchev–Trinajstić information content (AvgIpc) is 2.76. The molecule has 2 aromatic rings. The molecule has 0 spiro atoms. The predicted octanol–water partition coefficient (Wildman–Crippen LogP) is 5.01. The van der Waals surface area contributed by atoms with E-state index in [0.29, 0.717) is 29.5 Å². The zero-order valence-electron chi connectivity index (χ0n) is 17.8. The van der Waals surface area contributed by atoms with Crippen molar-refractivity contribution in [2.24, 2.45) is 5.92 Å². The van der Waals surface area contributed by atoms with E-state index in [1.54, 1.807) is 21.9 Å². The van der Waals surface area contributed by atoms with E-state index >= 15 is 0 Å². The highest BCUT2D eigenvalue weighted by molar-refractivity contribution is 6.30. The third-order valence-electron chi connectivity index (χ3n) is 6.62. The molecule has 2 aliphatic rings. The van der Waals surface area contributed by atoms with Gasteiger partial charge in [0.05, 0.1) is 0 Å². The molecule has 0 bridgehead atoms. The van der Waals surface area contributed by atoms with Crippen LogP contribution in [0.3, 0.4) is 0 Å². The van der Waals surface area contributed by atoms with E-state index in [1.807, 2.05) is 24.3 Å². The minimum atomic E-state index is -0.714. The molecule has 1 aliphatic heterocycles. The minimum absolute atomic E-state index is 0.0538. The predicted molar refractivity (Wildman–Crippen MR) is 119 cm³/mol. The van der Waals surface area contributed by atoms with Gasteiger partial charge in [-0.1, -0.05) is 42.8 Å². The Kier molecular flexibility index (Phi) is 6.61. The molecule has 0 unspecified atom stereocenters. The maximum atomic E-state index is 13.6. The molecule has 0 N–H and O–H groups in total. The van der Waals surface area contributed by atoms with E-state index in [1.165, 1.54) is 12.1 Å². The first kappa shape index (κ1) is 21.8. The Labute approximate surface area is 188 Å². The lowest BCUT2D eigenvalue weighted by molar-refractivity contribution is -0.159. The highest BCUT2D eigenvalue weighted by Gasteiger charge is 2.43. The van der Waals surface area contributed by atoms with E-state index in [-0.39, 0.29) is 30.2 Å². The lowest BCUT2D eigenvalue weighted by Gasteiger charge is -2.45. The molecule has 0 radical (unpaired) electrons. The Hall–Kier alpha value is -2.40. The second-order valence-electron chi connectivity index (χ2n) is 8.80. The summed E-state index contributed by atoms with van der Waals surface area (Å²) in [6.45, 7) is 2.78. The van der Waals surface area contributed by atoms with Gasteiger partial charge in [-0.15, -0.1) is 0 Å². The normalized spacial score (nSPS) is 24.5. The largest absolute Gasteiger partial charge is 0.328 e. The first-order chi connectivity index (χ1) is 14.9. The molecular formula is C25H28ClFN2O2. The summed E-state index contributed by atoms with van der Waals surface area (Å²) in [5.41, 5.74) is 1.70. The van der Waals surface area contributed by atoms with Crippen molar-refractivity contribution in [1.29, 1.82) is 0 Å². The summed E-state index contributed by atoms with van der Waals surface area (Å²) in [6, 6.07) is 12.8. The summed E-state index contributed by atoms with van der Waals surface area (Å²) in [7, 11) is 0. The van der Waals surface area contributed by atoms with Crippen LogP contribution in [0.4, 0.5) is 4.39 Å². The zero-order valence-corrected chi connectivity index (χ0v) is 18.5. The topological polar surface area (TPSA) is 40.6 Å². The van der Waals surface area contributed by atoms with Gasteiger partial charge in [0.25, 0.3) is 5.91 Å². The summed E-state index contributed by atoms with van der Waals surface area (Å²) in [4.78, 5) is 30.3. The lowest BCUT2D eigenvalue weighted by Crippen LogP contribution is -2.59. The summed E-state index contributed by atoms with van der Waals surface area (Å²) in [5, 5.41) is 0.662. The molecule has 1 aliphatic carbocycles. The van der Waals surface area contributed by atoms with Crippen molar-refractivity contribution in [3.8, 4) is 0 Å². The van der Waals surface area contributed by atoms with Crippen LogP contribution in [0.25, 0.3) is 0 Å². The van der Waals surface area contributed by atoms with Crippen molar-refractivity contribution in [2.75, 3.05) is 13.1 Å². The molecule has 31 heavy (non-hydrogen) atoms. The molecule has 1 saturated heterocycles. The van der Waals surface area contributed by atoms with E-state index < -0.39 is 6.04 Å². The number of benzene rings is 2. The van der Waals surface area contributed by atoms with Crippen LogP contribution in [0.2, 0.25) is 5.02 Å². The van der Waals surface area contributed by atoms with E-state index in [2.05, 4.69) is 6.92 Å². The first-order valence-corrected chi connectivity index (χ1v) is 11.4. The summed E-state index contributed by atoms with van der Waals surface area (Å²) in [5.74, 6) is 0.197. The van der Waals surface area contributed by atoms with Gasteiger partial charge in [-0.05, 0) is 73.4 Å². The zero-order chi connectivity index (χ0) is 22.0. The van der Waals surface area contributed by atoms with Gasteiger partial charge in [-0.25, -0.2) is 4.39 Å². The van der Waals surface area contributed by atoms with E-state index in [0.717, 1.165) is 31.2 Å². The Bertz CT molecular complexity index is 924. The molecule has 2 amide bonds. The van der Waals surface area contributed by atoms with E-state index in [9.17, 15) is 14.0 Å². The van der Waals surface area contributed by atoms with Crippen LogP contribution < -0.4 is 0 Å². The number of hydrogen-bond donors (Lipinski definition) is 0.